The van der Waals surface area contributed by atoms with Gasteiger partial charge in [0.2, 0.25) is 0 Å². The summed E-state index contributed by atoms with van der Waals surface area (Å²) in [6.07, 6.45) is 0.910. The molecule has 1 aromatic heterocycles. The predicted molar refractivity (Wildman–Crippen MR) is 111 cm³/mol. The van der Waals surface area contributed by atoms with Gasteiger partial charge in [-0.15, -0.1) is 0 Å². The molecule has 1 N–H and O–H groups in total. The van der Waals surface area contributed by atoms with Gasteiger partial charge in [0.1, 0.15) is 23.3 Å². The van der Waals surface area contributed by atoms with Crippen LogP contribution in [0.2, 0.25) is 0 Å². The van der Waals surface area contributed by atoms with Gasteiger partial charge < -0.3 is 23.9 Å². The summed E-state index contributed by atoms with van der Waals surface area (Å²) < 4.78 is 21.1. The van der Waals surface area contributed by atoms with E-state index in [-0.39, 0.29) is 19.1 Å². The van der Waals surface area contributed by atoms with Gasteiger partial charge in [0, 0.05) is 12.0 Å². The molecule has 160 valence electrons. The topological polar surface area (TPSA) is 87.0 Å². The number of ether oxygens (including phenoxy) is 3. The van der Waals surface area contributed by atoms with E-state index in [1.807, 2.05) is 32.0 Å². The lowest BCUT2D eigenvalue weighted by atomic mass is 10.0. The standard InChI is InChI=1S/C21H27NO6.CH4/c1-13(2)10-17(21(24)27-5)22-20(23)19-9-7-16(28-19)12-14-11-15(25-3)6-8-18(14)26-4;/h6-9,11,13,17H,10,12H2,1-5H3,(H,22,23);1H4. The molecule has 7 nitrogen and oxygen atoms in total. The number of hydrogen-bond acceptors (Lipinski definition) is 6. The molecule has 0 aliphatic rings. The van der Waals surface area contributed by atoms with Crippen molar-refractivity contribution in [2.24, 2.45) is 5.92 Å². The molecule has 0 aliphatic carbocycles. The second kappa shape index (κ2) is 11.1. The fourth-order valence-corrected chi connectivity index (χ4v) is 2.86. The Morgan fingerprint density at radius 1 is 1.07 bits per heavy atom. The summed E-state index contributed by atoms with van der Waals surface area (Å²) in [6, 6.07) is 8.08. The van der Waals surface area contributed by atoms with E-state index in [1.165, 1.54) is 7.11 Å². The van der Waals surface area contributed by atoms with Crippen molar-refractivity contribution in [1.82, 2.24) is 5.32 Å². The molecular weight excluding hydrogens is 374 g/mol. The van der Waals surface area contributed by atoms with Crippen molar-refractivity contribution in [2.45, 2.75) is 40.2 Å². The van der Waals surface area contributed by atoms with Gasteiger partial charge in [0.05, 0.1) is 21.3 Å². The lowest BCUT2D eigenvalue weighted by Gasteiger charge is -2.17. The summed E-state index contributed by atoms with van der Waals surface area (Å²) in [5.41, 5.74) is 0.871. The minimum atomic E-state index is -0.718. The second-order valence-corrected chi connectivity index (χ2v) is 6.80. The highest BCUT2D eigenvalue weighted by molar-refractivity contribution is 5.94. The number of hydrogen-bond donors (Lipinski definition) is 1. The van der Waals surface area contributed by atoms with E-state index < -0.39 is 17.9 Å². The number of furan rings is 1. The molecule has 0 bridgehead atoms. The van der Waals surface area contributed by atoms with Crippen LogP contribution in [0.25, 0.3) is 0 Å². The normalized spacial score (nSPS) is 11.4. The first-order chi connectivity index (χ1) is 13.4. The third-order valence-corrected chi connectivity index (χ3v) is 4.24. The zero-order valence-corrected chi connectivity index (χ0v) is 16.9. The maximum atomic E-state index is 12.5. The number of esters is 1. The van der Waals surface area contributed by atoms with E-state index in [0.717, 1.165) is 5.56 Å². The molecule has 1 amide bonds. The van der Waals surface area contributed by atoms with Crippen LogP contribution in [0.3, 0.4) is 0 Å². The highest BCUT2D eigenvalue weighted by Gasteiger charge is 2.24. The van der Waals surface area contributed by atoms with Gasteiger partial charge in [0.25, 0.3) is 5.91 Å². The summed E-state index contributed by atoms with van der Waals surface area (Å²) in [7, 11) is 4.48. The van der Waals surface area contributed by atoms with Crippen LogP contribution in [0.1, 0.15) is 49.6 Å². The number of benzene rings is 1. The molecule has 1 aromatic carbocycles. The molecule has 0 aliphatic heterocycles. The first-order valence-corrected chi connectivity index (χ1v) is 9.06. The Morgan fingerprint density at radius 3 is 2.38 bits per heavy atom. The Labute approximate surface area is 172 Å². The van der Waals surface area contributed by atoms with E-state index in [1.54, 1.807) is 26.4 Å². The van der Waals surface area contributed by atoms with Crippen LogP contribution in [-0.2, 0) is 16.0 Å². The highest BCUT2D eigenvalue weighted by Crippen LogP contribution is 2.27. The van der Waals surface area contributed by atoms with Crippen molar-refractivity contribution in [2.75, 3.05) is 21.3 Å². The fraction of sp³-hybridized carbons (Fsp3) is 0.455. The fourth-order valence-electron chi connectivity index (χ4n) is 2.86. The summed E-state index contributed by atoms with van der Waals surface area (Å²) in [6.45, 7) is 3.93. The molecule has 1 unspecified atom stereocenters. The number of rotatable bonds is 9. The average Bonchev–Trinajstić information content (AvgIpc) is 3.15. The Hall–Kier alpha value is -2.96. The van der Waals surface area contributed by atoms with Gasteiger partial charge in [-0.25, -0.2) is 4.79 Å². The van der Waals surface area contributed by atoms with Crippen molar-refractivity contribution < 1.29 is 28.2 Å². The summed E-state index contributed by atoms with van der Waals surface area (Å²) in [5, 5.41) is 2.68. The Bertz CT molecular complexity index is 811. The predicted octanol–water partition coefficient (Wildman–Crippen LogP) is 3.84. The van der Waals surface area contributed by atoms with E-state index in [9.17, 15) is 9.59 Å². The Morgan fingerprint density at radius 2 is 1.79 bits per heavy atom. The smallest absolute Gasteiger partial charge is 0.328 e. The van der Waals surface area contributed by atoms with E-state index in [0.29, 0.717) is 30.1 Å². The number of nitrogens with one attached hydrogen (secondary N) is 1. The third-order valence-electron chi connectivity index (χ3n) is 4.24. The summed E-state index contributed by atoms with van der Waals surface area (Å²) in [4.78, 5) is 24.4. The zero-order valence-electron chi connectivity index (χ0n) is 16.9. The monoisotopic (exact) mass is 405 g/mol. The molecule has 0 spiro atoms. The number of carbonyl (C=O) groups is 2. The molecule has 0 saturated heterocycles. The molecule has 2 aromatic rings. The molecule has 2 rings (SSSR count). The number of methoxy groups -OCH3 is 3. The summed E-state index contributed by atoms with van der Waals surface area (Å²) in [5.74, 6) is 1.41. The Balaban J connectivity index is 0.00000420. The van der Waals surface area contributed by atoms with Crippen LogP contribution in [0.15, 0.2) is 34.7 Å². The van der Waals surface area contributed by atoms with E-state index >= 15 is 0 Å². The van der Waals surface area contributed by atoms with Crippen molar-refractivity contribution in [3.63, 3.8) is 0 Å². The molecule has 29 heavy (non-hydrogen) atoms. The maximum absolute atomic E-state index is 12.5. The number of carbonyl (C=O) groups excluding carboxylic acids is 2. The minimum absolute atomic E-state index is 0. The minimum Gasteiger partial charge on any atom is -0.497 e. The lowest BCUT2D eigenvalue weighted by molar-refractivity contribution is -0.143. The van der Waals surface area contributed by atoms with Crippen molar-refractivity contribution >= 4 is 11.9 Å². The van der Waals surface area contributed by atoms with Gasteiger partial charge >= 0.3 is 5.97 Å². The van der Waals surface area contributed by atoms with Gasteiger partial charge in [0.15, 0.2) is 5.76 Å². The molecule has 7 heteroatoms. The van der Waals surface area contributed by atoms with Crippen LogP contribution in [-0.4, -0.2) is 39.2 Å². The lowest BCUT2D eigenvalue weighted by Crippen LogP contribution is -2.42. The molecule has 1 heterocycles. The molecule has 0 radical (unpaired) electrons. The van der Waals surface area contributed by atoms with Crippen LogP contribution in [0.5, 0.6) is 11.5 Å². The molecule has 0 saturated carbocycles. The first kappa shape index (κ1) is 24.1. The quantitative estimate of drug-likeness (QED) is 0.638. The Kier molecular flexibility index (Phi) is 9.25. The van der Waals surface area contributed by atoms with Crippen LogP contribution >= 0.6 is 0 Å². The second-order valence-electron chi connectivity index (χ2n) is 6.80. The van der Waals surface area contributed by atoms with Crippen molar-refractivity contribution in [1.29, 1.82) is 0 Å². The molecule has 1 atom stereocenters. The maximum Gasteiger partial charge on any atom is 0.328 e. The van der Waals surface area contributed by atoms with E-state index in [4.69, 9.17) is 18.6 Å². The number of amides is 1. The van der Waals surface area contributed by atoms with E-state index in [2.05, 4.69) is 5.32 Å². The largest absolute Gasteiger partial charge is 0.497 e. The molecule has 0 fully saturated rings. The summed E-state index contributed by atoms with van der Waals surface area (Å²) >= 11 is 0. The molecular formula is C22H31NO6. The van der Waals surface area contributed by atoms with Crippen molar-refractivity contribution in [3.05, 3.63) is 47.4 Å². The SMILES string of the molecule is C.COC(=O)C(CC(C)C)NC(=O)c1ccc(Cc2cc(OC)ccc2OC)o1. The van der Waals surface area contributed by atoms with Crippen LogP contribution < -0.4 is 14.8 Å². The zero-order chi connectivity index (χ0) is 20.7. The third kappa shape index (κ3) is 6.55. The highest BCUT2D eigenvalue weighted by atomic mass is 16.5. The average molecular weight is 405 g/mol. The van der Waals surface area contributed by atoms with Gasteiger partial charge in [-0.2, -0.15) is 0 Å². The van der Waals surface area contributed by atoms with Gasteiger partial charge in [-0.3, -0.25) is 4.79 Å². The van der Waals surface area contributed by atoms with Gasteiger partial charge in [-0.05, 0) is 42.7 Å². The van der Waals surface area contributed by atoms with Gasteiger partial charge in [-0.1, -0.05) is 21.3 Å². The van der Waals surface area contributed by atoms with Crippen LogP contribution in [0, 0.1) is 5.92 Å². The van der Waals surface area contributed by atoms with Crippen LogP contribution in [0.4, 0.5) is 0 Å². The van der Waals surface area contributed by atoms with Crippen molar-refractivity contribution in [3.8, 4) is 11.5 Å². The first-order valence-electron chi connectivity index (χ1n) is 9.06.